The van der Waals surface area contributed by atoms with E-state index in [1.807, 2.05) is 36.4 Å². The lowest BCUT2D eigenvalue weighted by molar-refractivity contribution is 0.572. The van der Waals surface area contributed by atoms with Crippen LogP contribution >= 0.6 is 15.9 Å². The molecule has 0 aliphatic heterocycles. The van der Waals surface area contributed by atoms with E-state index >= 15 is 0 Å². The second-order valence-corrected chi connectivity index (χ2v) is 5.90. The average Bonchev–Trinajstić information content (AvgIpc) is 3.16. The summed E-state index contributed by atoms with van der Waals surface area (Å²) in [7, 11) is 0. The van der Waals surface area contributed by atoms with E-state index in [0.717, 1.165) is 27.2 Å². The van der Waals surface area contributed by atoms with Crippen LogP contribution in [0.5, 0.6) is 0 Å². The van der Waals surface area contributed by atoms with Crippen molar-refractivity contribution in [3.8, 4) is 11.6 Å². The van der Waals surface area contributed by atoms with Crippen molar-refractivity contribution in [1.29, 1.82) is 0 Å². The van der Waals surface area contributed by atoms with Crippen LogP contribution in [0.3, 0.4) is 0 Å². The first-order valence-corrected chi connectivity index (χ1v) is 7.70. The number of hydrogen-bond acceptors (Lipinski definition) is 3. The van der Waals surface area contributed by atoms with Crippen LogP contribution in [-0.4, -0.2) is 14.5 Å². The zero-order valence-electron chi connectivity index (χ0n) is 11.6. The van der Waals surface area contributed by atoms with E-state index in [-0.39, 0.29) is 0 Å². The molecule has 4 rings (SSSR count). The predicted octanol–water partition coefficient (Wildman–Crippen LogP) is 4.50. The van der Waals surface area contributed by atoms with E-state index in [4.69, 9.17) is 4.42 Å². The minimum atomic E-state index is 0.696. The fourth-order valence-electron chi connectivity index (χ4n) is 2.50. The molecule has 0 fully saturated rings. The SMILES string of the molecule is Brc1cnc2c(c1)nc(-c1ccco1)n2Cc1ccccc1. The summed E-state index contributed by atoms with van der Waals surface area (Å²) in [5.41, 5.74) is 2.88. The van der Waals surface area contributed by atoms with Crippen LogP contribution in [0.1, 0.15) is 5.56 Å². The van der Waals surface area contributed by atoms with Crippen LogP contribution in [0.15, 0.2) is 69.9 Å². The van der Waals surface area contributed by atoms with E-state index in [2.05, 4.69) is 42.6 Å². The lowest BCUT2D eigenvalue weighted by Gasteiger charge is -2.07. The van der Waals surface area contributed by atoms with Crippen LogP contribution < -0.4 is 0 Å². The van der Waals surface area contributed by atoms with Gasteiger partial charge in [-0.25, -0.2) is 9.97 Å². The van der Waals surface area contributed by atoms with Crippen molar-refractivity contribution in [2.75, 3.05) is 0 Å². The van der Waals surface area contributed by atoms with E-state index in [0.29, 0.717) is 6.54 Å². The molecule has 0 atom stereocenters. The van der Waals surface area contributed by atoms with Crippen molar-refractivity contribution in [3.63, 3.8) is 0 Å². The molecular weight excluding hydrogens is 342 g/mol. The summed E-state index contributed by atoms with van der Waals surface area (Å²) < 4.78 is 8.53. The molecule has 0 saturated carbocycles. The second-order valence-electron chi connectivity index (χ2n) is 4.98. The molecule has 0 aliphatic rings. The Labute approximate surface area is 135 Å². The summed E-state index contributed by atoms with van der Waals surface area (Å²) >= 11 is 3.45. The average molecular weight is 354 g/mol. The Morgan fingerprint density at radius 1 is 1.09 bits per heavy atom. The normalized spacial score (nSPS) is 11.1. The van der Waals surface area contributed by atoms with Crippen LogP contribution in [0.2, 0.25) is 0 Å². The first-order chi connectivity index (χ1) is 10.8. The maximum Gasteiger partial charge on any atom is 0.178 e. The van der Waals surface area contributed by atoms with Gasteiger partial charge in [-0.2, -0.15) is 0 Å². The van der Waals surface area contributed by atoms with Crippen LogP contribution in [-0.2, 0) is 6.54 Å². The summed E-state index contributed by atoms with van der Waals surface area (Å²) in [6.45, 7) is 0.696. The van der Waals surface area contributed by atoms with Gasteiger partial charge in [0.25, 0.3) is 0 Å². The second kappa shape index (κ2) is 5.42. The zero-order chi connectivity index (χ0) is 14.9. The van der Waals surface area contributed by atoms with E-state index < -0.39 is 0 Å². The fraction of sp³-hybridized carbons (Fsp3) is 0.0588. The highest BCUT2D eigenvalue weighted by Crippen LogP contribution is 2.26. The standard InChI is InChI=1S/C17H12BrN3O/c18-13-9-14-16(19-10-13)21(11-12-5-2-1-3-6-12)17(20-14)15-7-4-8-22-15/h1-10H,11H2. The van der Waals surface area contributed by atoms with Crippen molar-refractivity contribution in [1.82, 2.24) is 14.5 Å². The number of nitrogens with zero attached hydrogens (tertiary/aromatic N) is 3. The molecule has 22 heavy (non-hydrogen) atoms. The van der Waals surface area contributed by atoms with Gasteiger partial charge in [0.1, 0.15) is 5.52 Å². The van der Waals surface area contributed by atoms with E-state index in [9.17, 15) is 0 Å². The third-order valence-electron chi connectivity index (χ3n) is 3.48. The van der Waals surface area contributed by atoms with Crippen LogP contribution in [0.4, 0.5) is 0 Å². The molecular formula is C17H12BrN3O. The highest BCUT2D eigenvalue weighted by molar-refractivity contribution is 9.10. The molecule has 0 aliphatic carbocycles. The van der Waals surface area contributed by atoms with Gasteiger partial charge in [0.15, 0.2) is 17.2 Å². The minimum absolute atomic E-state index is 0.696. The number of fused-ring (bicyclic) bond motifs is 1. The molecule has 0 unspecified atom stereocenters. The lowest BCUT2D eigenvalue weighted by Crippen LogP contribution is -2.02. The topological polar surface area (TPSA) is 43.9 Å². The van der Waals surface area contributed by atoms with Gasteiger partial charge in [-0.15, -0.1) is 0 Å². The van der Waals surface area contributed by atoms with Gasteiger partial charge in [0.05, 0.1) is 12.8 Å². The van der Waals surface area contributed by atoms with E-state index in [1.54, 1.807) is 12.5 Å². The molecule has 4 nitrogen and oxygen atoms in total. The molecule has 0 bridgehead atoms. The summed E-state index contributed by atoms with van der Waals surface area (Å²) in [5, 5.41) is 0. The number of aromatic nitrogens is 3. The number of imidazole rings is 1. The molecule has 0 N–H and O–H groups in total. The molecule has 108 valence electrons. The fourth-order valence-corrected chi connectivity index (χ4v) is 2.82. The van der Waals surface area contributed by atoms with Crippen molar-refractivity contribution in [3.05, 3.63) is 71.0 Å². The van der Waals surface area contributed by atoms with Gasteiger partial charge < -0.3 is 8.98 Å². The van der Waals surface area contributed by atoms with Crippen molar-refractivity contribution in [2.24, 2.45) is 0 Å². The Morgan fingerprint density at radius 3 is 2.73 bits per heavy atom. The molecule has 3 aromatic heterocycles. The molecule has 3 heterocycles. The highest BCUT2D eigenvalue weighted by atomic mass is 79.9. The lowest BCUT2D eigenvalue weighted by atomic mass is 10.2. The number of halogens is 1. The quantitative estimate of drug-likeness (QED) is 0.544. The van der Waals surface area contributed by atoms with Gasteiger partial charge in [-0.05, 0) is 39.7 Å². The van der Waals surface area contributed by atoms with Gasteiger partial charge in [0.2, 0.25) is 0 Å². The van der Waals surface area contributed by atoms with Crippen LogP contribution in [0, 0.1) is 0 Å². The van der Waals surface area contributed by atoms with Crippen molar-refractivity contribution >= 4 is 27.1 Å². The zero-order valence-corrected chi connectivity index (χ0v) is 13.2. The summed E-state index contributed by atoms with van der Waals surface area (Å²) in [4.78, 5) is 9.21. The molecule has 0 saturated heterocycles. The Bertz CT molecular complexity index is 914. The maximum absolute atomic E-state index is 5.53. The summed E-state index contributed by atoms with van der Waals surface area (Å²) in [6, 6.07) is 16.0. The Balaban J connectivity index is 1.92. The van der Waals surface area contributed by atoms with E-state index in [1.165, 1.54) is 5.56 Å². The highest BCUT2D eigenvalue weighted by Gasteiger charge is 2.16. The van der Waals surface area contributed by atoms with Gasteiger partial charge >= 0.3 is 0 Å². The predicted molar refractivity (Wildman–Crippen MR) is 88.5 cm³/mol. The van der Waals surface area contributed by atoms with Crippen molar-refractivity contribution in [2.45, 2.75) is 6.54 Å². The molecule has 0 spiro atoms. The number of benzene rings is 1. The number of rotatable bonds is 3. The Hall–Kier alpha value is -2.40. The summed E-state index contributed by atoms with van der Waals surface area (Å²) in [5.74, 6) is 1.53. The van der Waals surface area contributed by atoms with Gasteiger partial charge in [-0.1, -0.05) is 30.3 Å². The minimum Gasteiger partial charge on any atom is -0.461 e. The number of furan rings is 1. The van der Waals surface area contributed by atoms with Crippen LogP contribution in [0.25, 0.3) is 22.7 Å². The molecule has 0 radical (unpaired) electrons. The van der Waals surface area contributed by atoms with Crippen molar-refractivity contribution < 1.29 is 4.42 Å². The first-order valence-electron chi connectivity index (χ1n) is 6.91. The number of hydrogen-bond donors (Lipinski definition) is 0. The summed E-state index contributed by atoms with van der Waals surface area (Å²) in [6.07, 6.45) is 3.45. The maximum atomic E-state index is 5.53. The first kappa shape index (κ1) is 13.3. The Kier molecular flexibility index (Phi) is 3.27. The third-order valence-corrected chi connectivity index (χ3v) is 3.91. The largest absolute Gasteiger partial charge is 0.461 e. The molecule has 0 amide bonds. The number of pyridine rings is 1. The molecule has 5 heteroatoms. The monoisotopic (exact) mass is 353 g/mol. The molecule has 4 aromatic rings. The Morgan fingerprint density at radius 2 is 1.95 bits per heavy atom. The van der Waals surface area contributed by atoms with Gasteiger partial charge in [-0.3, -0.25) is 0 Å². The smallest absolute Gasteiger partial charge is 0.178 e. The van der Waals surface area contributed by atoms with Gasteiger partial charge in [0, 0.05) is 10.7 Å². The third kappa shape index (κ3) is 2.33. The molecule has 1 aromatic carbocycles.